The van der Waals surface area contributed by atoms with Crippen LogP contribution in [-0.4, -0.2) is 45.3 Å². The van der Waals surface area contributed by atoms with Crippen LogP contribution in [-0.2, 0) is 20.9 Å². The van der Waals surface area contributed by atoms with Crippen LogP contribution >= 0.6 is 0 Å². The van der Waals surface area contributed by atoms with Gasteiger partial charge in [0.2, 0.25) is 5.95 Å². The fourth-order valence-electron chi connectivity index (χ4n) is 3.75. The Kier molecular flexibility index (Phi) is 7.13. The average molecular weight is 510 g/mol. The van der Waals surface area contributed by atoms with Gasteiger partial charge in [-0.2, -0.15) is 13.2 Å². The van der Waals surface area contributed by atoms with Gasteiger partial charge in [0.05, 0.1) is 23.7 Å². The number of nitrogens with zero attached hydrogens (tertiary/aromatic N) is 2. The minimum atomic E-state index is -4.52. The van der Waals surface area contributed by atoms with Crippen molar-refractivity contribution in [3.05, 3.63) is 71.5 Å². The molecule has 0 saturated heterocycles. The first-order valence-corrected chi connectivity index (χ1v) is 12.1. The van der Waals surface area contributed by atoms with Crippen LogP contribution < -0.4 is 14.2 Å². The van der Waals surface area contributed by atoms with Gasteiger partial charge in [0.1, 0.15) is 18.1 Å². The van der Waals surface area contributed by atoms with Gasteiger partial charge >= 0.3 is 6.18 Å². The highest BCUT2D eigenvalue weighted by molar-refractivity contribution is 7.92. The maximum absolute atomic E-state index is 13.3. The Labute approximate surface area is 200 Å². The SMILES string of the molecule is COCCOc1cc(C(F)(F)F)ccc1[C@H]1CCOc2cc(S(=O)(=O)Nc3ncccn3)ccc21. The molecule has 0 aliphatic carbocycles. The average Bonchev–Trinajstić information content (AvgIpc) is 2.83. The highest BCUT2D eigenvalue weighted by Gasteiger charge is 2.33. The quantitative estimate of drug-likeness (QED) is 0.454. The molecule has 12 heteroatoms. The normalized spacial score (nSPS) is 15.7. The lowest BCUT2D eigenvalue weighted by molar-refractivity contribution is -0.137. The van der Waals surface area contributed by atoms with Gasteiger partial charge < -0.3 is 14.2 Å². The van der Waals surface area contributed by atoms with E-state index in [1.807, 2.05) is 0 Å². The van der Waals surface area contributed by atoms with Crippen LogP contribution in [0.4, 0.5) is 19.1 Å². The predicted octanol–water partition coefficient (Wildman–Crippen LogP) is 4.24. The van der Waals surface area contributed by atoms with Crippen molar-refractivity contribution in [1.29, 1.82) is 0 Å². The fraction of sp³-hybridized carbons (Fsp3) is 0.304. The Morgan fingerprint density at radius 3 is 2.54 bits per heavy atom. The lowest BCUT2D eigenvalue weighted by atomic mass is 9.85. The number of hydrogen-bond donors (Lipinski definition) is 1. The highest BCUT2D eigenvalue weighted by atomic mass is 32.2. The molecular formula is C23H22F3N3O5S. The van der Waals surface area contributed by atoms with E-state index in [0.717, 1.165) is 12.1 Å². The molecule has 0 amide bonds. The van der Waals surface area contributed by atoms with Crippen molar-refractivity contribution in [3.63, 3.8) is 0 Å². The first-order valence-electron chi connectivity index (χ1n) is 10.6. The van der Waals surface area contributed by atoms with Crippen LogP contribution in [0.1, 0.15) is 29.0 Å². The minimum Gasteiger partial charge on any atom is -0.493 e. The number of anilines is 1. The molecule has 0 saturated carbocycles. The van der Waals surface area contributed by atoms with Crippen LogP contribution in [0.2, 0.25) is 0 Å². The largest absolute Gasteiger partial charge is 0.493 e. The van der Waals surface area contributed by atoms with Crippen LogP contribution in [0.3, 0.4) is 0 Å². The van der Waals surface area contributed by atoms with E-state index in [-0.39, 0.29) is 42.3 Å². The van der Waals surface area contributed by atoms with Gasteiger partial charge in [0.25, 0.3) is 10.0 Å². The van der Waals surface area contributed by atoms with Gasteiger partial charge in [-0.05, 0) is 30.7 Å². The molecule has 0 bridgehead atoms. The molecule has 2 heterocycles. The number of nitrogens with one attached hydrogen (secondary N) is 1. The number of sulfonamides is 1. The van der Waals surface area contributed by atoms with E-state index in [1.54, 1.807) is 12.1 Å². The minimum absolute atomic E-state index is 0.0617. The number of hydrogen-bond acceptors (Lipinski definition) is 7. The molecule has 0 spiro atoms. The molecule has 35 heavy (non-hydrogen) atoms. The maximum atomic E-state index is 13.3. The van der Waals surface area contributed by atoms with Gasteiger partial charge in [-0.3, -0.25) is 0 Å². The number of methoxy groups -OCH3 is 1. The molecule has 1 aliphatic heterocycles. The maximum Gasteiger partial charge on any atom is 0.416 e. The molecule has 2 aromatic carbocycles. The second kappa shape index (κ2) is 10.1. The van der Waals surface area contributed by atoms with E-state index >= 15 is 0 Å². The molecule has 3 aromatic rings. The highest BCUT2D eigenvalue weighted by Crippen LogP contribution is 2.44. The Balaban J connectivity index is 1.68. The third-order valence-electron chi connectivity index (χ3n) is 5.39. The zero-order valence-electron chi connectivity index (χ0n) is 18.6. The van der Waals surface area contributed by atoms with Gasteiger partial charge in [0.15, 0.2) is 0 Å². The van der Waals surface area contributed by atoms with E-state index in [4.69, 9.17) is 14.2 Å². The van der Waals surface area contributed by atoms with Crippen molar-refractivity contribution >= 4 is 16.0 Å². The molecule has 4 rings (SSSR count). The Hall–Kier alpha value is -3.38. The van der Waals surface area contributed by atoms with Crippen LogP contribution in [0.5, 0.6) is 11.5 Å². The molecule has 0 radical (unpaired) electrons. The second-order valence-corrected chi connectivity index (χ2v) is 9.34. The Morgan fingerprint density at radius 2 is 1.83 bits per heavy atom. The van der Waals surface area contributed by atoms with Crippen molar-refractivity contribution < 1.29 is 35.8 Å². The lowest BCUT2D eigenvalue weighted by Crippen LogP contribution is -2.19. The summed E-state index contributed by atoms with van der Waals surface area (Å²) in [5.41, 5.74) is 0.365. The summed E-state index contributed by atoms with van der Waals surface area (Å²) in [5.74, 6) is -0.0254. The molecule has 8 nitrogen and oxygen atoms in total. The topological polar surface area (TPSA) is 99.6 Å². The van der Waals surface area contributed by atoms with E-state index in [0.29, 0.717) is 23.3 Å². The summed E-state index contributed by atoms with van der Waals surface area (Å²) in [6.45, 7) is 0.527. The molecule has 0 fully saturated rings. The fourth-order valence-corrected chi connectivity index (χ4v) is 4.72. The van der Waals surface area contributed by atoms with Gasteiger partial charge in [-0.1, -0.05) is 12.1 Å². The third-order valence-corrected chi connectivity index (χ3v) is 6.71. The smallest absolute Gasteiger partial charge is 0.416 e. The summed E-state index contributed by atoms with van der Waals surface area (Å²) in [5, 5.41) is 0. The molecule has 186 valence electrons. The van der Waals surface area contributed by atoms with Gasteiger partial charge in [-0.25, -0.2) is 23.1 Å². The predicted molar refractivity (Wildman–Crippen MR) is 120 cm³/mol. The zero-order valence-corrected chi connectivity index (χ0v) is 19.4. The molecule has 1 aromatic heterocycles. The summed E-state index contributed by atoms with van der Waals surface area (Å²) >= 11 is 0. The molecular weight excluding hydrogens is 487 g/mol. The van der Waals surface area contributed by atoms with Crippen molar-refractivity contribution in [3.8, 4) is 11.5 Å². The Morgan fingerprint density at radius 1 is 1.09 bits per heavy atom. The van der Waals surface area contributed by atoms with Gasteiger partial charge in [0, 0.05) is 42.6 Å². The zero-order chi connectivity index (χ0) is 25.1. The molecule has 0 unspecified atom stereocenters. The number of alkyl halides is 3. The number of halogens is 3. The van der Waals surface area contributed by atoms with Crippen molar-refractivity contribution in [2.45, 2.75) is 23.4 Å². The number of benzene rings is 2. The number of ether oxygens (including phenoxy) is 3. The van der Waals surface area contributed by atoms with E-state index in [1.165, 1.54) is 37.7 Å². The third kappa shape index (κ3) is 5.65. The second-order valence-electron chi connectivity index (χ2n) is 7.66. The summed E-state index contributed by atoms with van der Waals surface area (Å²) in [4.78, 5) is 7.65. The summed E-state index contributed by atoms with van der Waals surface area (Å²) < 4.78 is 84.1. The number of rotatable bonds is 8. The number of fused-ring (bicyclic) bond motifs is 1. The summed E-state index contributed by atoms with van der Waals surface area (Å²) in [6.07, 6.45) is -1.24. The number of aromatic nitrogens is 2. The first-order chi connectivity index (χ1) is 16.7. The standard InChI is InChI=1S/C23H22F3N3O5S/c1-32-11-12-34-20-13-15(23(24,25)26)3-5-18(20)17-7-10-33-21-14-16(4-6-19(17)21)35(30,31)29-22-27-8-2-9-28-22/h2-6,8-9,13-14,17H,7,10-12H2,1H3,(H,27,28,29)/t17-/m1/s1. The summed E-state index contributed by atoms with van der Waals surface area (Å²) in [7, 11) is -2.52. The van der Waals surface area contributed by atoms with E-state index in [9.17, 15) is 21.6 Å². The van der Waals surface area contributed by atoms with Crippen molar-refractivity contribution in [2.24, 2.45) is 0 Å². The van der Waals surface area contributed by atoms with Gasteiger partial charge in [-0.15, -0.1) is 0 Å². The van der Waals surface area contributed by atoms with E-state index < -0.39 is 21.8 Å². The van der Waals surface area contributed by atoms with Crippen LogP contribution in [0.15, 0.2) is 59.8 Å². The van der Waals surface area contributed by atoms with Crippen molar-refractivity contribution in [2.75, 3.05) is 31.7 Å². The first kappa shape index (κ1) is 24.7. The lowest BCUT2D eigenvalue weighted by Gasteiger charge is -2.28. The molecule has 1 aliphatic rings. The Bertz CT molecular complexity index is 1290. The summed E-state index contributed by atoms with van der Waals surface area (Å²) in [6, 6.07) is 9.31. The van der Waals surface area contributed by atoms with E-state index in [2.05, 4.69) is 14.7 Å². The van der Waals surface area contributed by atoms with Crippen LogP contribution in [0.25, 0.3) is 0 Å². The molecule has 1 N–H and O–H groups in total. The van der Waals surface area contributed by atoms with Crippen LogP contribution in [0, 0.1) is 0 Å². The monoisotopic (exact) mass is 509 g/mol. The van der Waals surface area contributed by atoms with Crippen molar-refractivity contribution in [1.82, 2.24) is 9.97 Å². The molecule has 1 atom stereocenters.